The first kappa shape index (κ1) is 14.1. The van der Waals surface area contributed by atoms with Crippen molar-refractivity contribution in [2.24, 2.45) is 0 Å². The van der Waals surface area contributed by atoms with E-state index in [0.717, 1.165) is 24.1 Å². The Balaban J connectivity index is 1.46. The molecule has 2 aromatic heterocycles. The van der Waals surface area contributed by atoms with Crippen LogP contribution in [0.3, 0.4) is 0 Å². The molecule has 2 bridgehead atoms. The molecule has 0 aromatic carbocycles. The SMILES string of the molecule is O=C(c1nc(-c2cnc3c(c2Cl)C=CC3)no1)N1C[C@@H]2C[C@H]1CO2. The minimum Gasteiger partial charge on any atom is -0.374 e. The van der Waals surface area contributed by atoms with Crippen LogP contribution in [0, 0.1) is 0 Å². The molecule has 2 aliphatic heterocycles. The Hall–Kier alpha value is -2.25. The van der Waals surface area contributed by atoms with E-state index in [1.54, 1.807) is 11.1 Å². The van der Waals surface area contributed by atoms with E-state index in [2.05, 4.69) is 15.1 Å². The van der Waals surface area contributed by atoms with Gasteiger partial charge in [-0.1, -0.05) is 28.9 Å². The van der Waals surface area contributed by atoms with Crippen LogP contribution in [0.4, 0.5) is 0 Å². The Bertz CT molecular complexity index is 878. The number of hydrogen-bond acceptors (Lipinski definition) is 6. The van der Waals surface area contributed by atoms with E-state index >= 15 is 0 Å². The van der Waals surface area contributed by atoms with Crippen molar-refractivity contribution in [2.45, 2.75) is 25.0 Å². The van der Waals surface area contributed by atoms with E-state index < -0.39 is 0 Å². The summed E-state index contributed by atoms with van der Waals surface area (Å²) >= 11 is 6.43. The third-order valence-electron chi connectivity index (χ3n) is 4.74. The Morgan fingerprint density at radius 3 is 3.12 bits per heavy atom. The standard InChI is InChI=1S/C16H13ClN4O3/c17-13-10-2-1-3-12(10)18-5-11(13)14-19-15(24-20-14)16(22)21-6-9-4-8(21)7-23-9/h1-2,5,8-9H,3-4,6-7H2/t8-,9-/m0/s1. The smallest absolute Gasteiger partial charge is 0.316 e. The number of likely N-dealkylation sites (tertiary alicyclic amines) is 1. The van der Waals surface area contributed by atoms with Gasteiger partial charge < -0.3 is 14.2 Å². The summed E-state index contributed by atoms with van der Waals surface area (Å²) in [6, 6.07) is 0.105. The zero-order chi connectivity index (χ0) is 16.3. The Kier molecular flexibility index (Phi) is 3.01. The minimum absolute atomic E-state index is 0.0235. The van der Waals surface area contributed by atoms with Gasteiger partial charge in [-0.3, -0.25) is 9.78 Å². The highest BCUT2D eigenvalue weighted by atomic mass is 35.5. The number of fused-ring (bicyclic) bond motifs is 3. The van der Waals surface area contributed by atoms with Gasteiger partial charge in [0, 0.05) is 24.7 Å². The fourth-order valence-corrected chi connectivity index (χ4v) is 3.81. The molecule has 0 spiro atoms. The van der Waals surface area contributed by atoms with Crippen molar-refractivity contribution in [2.75, 3.05) is 13.2 Å². The van der Waals surface area contributed by atoms with Crippen molar-refractivity contribution in [3.05, 3.63) is 34.4 Å². The van der Waals surface area contributed by atoms with Crippen molar-refractivity contribution in [1.29, 1.82) is 0 Å². The van der Waals surface area contributed by atoms with Crippen LogP contribution in [0.2, 0.25) is 5.02 Å². The number of nitrogens with zero attached hydrogens (tertiary/aromatic N) is 4. The first-order valence-corrected chi connectivity index (χ1v) is 8.19. The number of carbonyl (C=O) groups is 1. The van der Waals surface area contributed by atoms with Gasteiger partial charge in [0.1, 0.15) is 0 Å². The fourth-order valence-electron chi connectivity index (χ4n) is 3.51. The topological polar surface area (TPSA) is 81.3 Å². The number of amides is 1. The monoisotopic (exact) mass is 344 g/mol. The van der Waals surface area contributed by atoms with Crippen LogP contribution in [0.1, 0.15) is 28.4 Å². The predicted octanol–water partition coefficient (Wildman–Crippen LogP) is 1.97. The second kappa shape index (κ2) is 5.12. The lowest BCUT2D eigenvalue weighted by Crippen LogP contribution is -2.41. The quantitative estimate of drug-likeness (QED) is 0.828. The van der Waals surface area contributed by atoms with Crippen molar-refractivity contribution in [3.63, 3.8) is 0 Å². The minimum atomic E-state index is -0.255. The van der Waals surface area contributed by atoms with E-state index in [9.17, 15) is 4.79 Å². The molecule has 1 aliphatic carbocycles. The van der Waals surface area contributed by atoms with Gasteiger partial charge in [-0.05, 0) is 6.42 Å². The van der Waals surface area contributed by atoms with Crippen LogP contribution in [-0.4, -0.2) is 51.2 Å². The van der Waals surface area contributed by atoms with Gasteiger partial charge in [-0.25, -0.2) is 0 Å². The summed E-state index contributed by atoms with van der Waals surface area (Å²) in [4.78, 5) is 22.9. The summed E-state index contributed by atoms with van der Waals surface area (Å²) in [7, 11) is 0. The lowest BCUT2D eigenvalue weighted by atomic mass is 10.1. The summed E-state index contributed by atoms with van der Waals surface area (Å²) in [6.45, 7) is 1.15. The molecule has 0 saturated carbocycles. The maximum absolute atomic E-state index is 12.6. The largest absolute Gasteiger partial charge is 0.374 e. The van der Waals surface area contributed by atoms with Crippen molar-refractivity contribution < 1.29 is 14.1 Å². The average Bonchev–Trinajstić information content (AvgIpc) is 3.36. The predicted molar refractivity (Wildman–Crippen MR) is 84.5 cm³/mol. The Labute approximate surface area is 142 Å². The molecule has 4 heterocycles. The first-order valence-electron chi connectivity index (χ1n) is 7.81. The molecule has 2 saturated heterocycles. The summed E-state index contributed by atoms with van der Waals surface area (Å²) in [5, 5.41) is 4.44. The van der Waals surface area contributed by atoms with E-state index in [1.807, 2.05) is 12.2 Å². The molecule has 0 radical (unpaired) electrons. The molecule has 8 heteroatoms. The second-order valence-corrected chi connectivity index (χ2v) is 6.56. The number of pyridine rings is 1. The molecule has 7 nitrogen and oxygen atoms in total. The molecule has 24 heavy (non-hydrogen) atoms. The van der Waals surface area contributed by atoms with Crippen molar-refractivity contribution >= 4 is 23.6 Å². The summed E-state index contributed by atoms with van der Waals surface area (Å²) in [5.41, 5.74) is 2.37. The van der Waals surface area contributed by atoms with E-state index in [4.69, 9.17) is 20.9 Å². The van der Waals surface area contributed by atoms with Crippen LogP contribution in [0.15, 0.2) is 16.8 Å². The number of allylic oxidation sites excluding steroid dienone is 1. The van der Waals surface area contributed by atoms with Crippen molar-refractivity contribution in [1.82, 2.24) is 20.0 Å². The van der Waals surface area contributed by atoms with Gasteiger partial charge >= 0.3 is 11.8 Å². The highest BCUT2D eigenvalue weighted by Crippen LogP contribution is 2.34. The van der Waals surface area contributed by atoms with Gasteiger partial charge in [0.25, 0.3) is 0 Å². The van der Waals surface area contributed by atoms with Gasteiger partial charge in [-0.2, -0.15) is 4.98 Å². The van der Waals surface area contributed by atoms with Crippen LogP contribution in [0.25, 0.3) is 17.5 Å². The number of carbonyl (C=O) groups excluding carboxylic acids is 1. The van der Waals surface area contributed by atoms with Gasteiger partial charge in [0.15, 0.2) is 0 Å². The third kappa shape index (κ3) is 2.01. The van der Waals surface area contributed by atoms with Crippen LogP contribution in [0.5, 0.6) is 0 Å². The zero-order valence-corrected chi connectivity index (χ0v) is 13.4. The average molecular weight is 345 g/mol. The number of hydrogen-bond donors (Lipinski definition) is 0. The molecular weight excluding hydrogens is 332 g/mol. The van der Waals surface area contributed by atoms with E-state index in [0.29, 0.717) is 23.7 Å². The molecule has 3 aliphatic rings. The maximum Gasteiger partial charge on any atom is 0.316 e. The van der Waals surface area contributed by atoms with Gasteiger partial charge in [-0.15, -0.1) is 0 Å². The molecule has 1 amide bonds. The van der Waals surface area contributed by atoms with E-state index in [1.165, 1.54) is 0 Å². The lowest BCUT2D eigenvalue weighted by molar-refractivity contribution is 0.0231. The van der Waals surface area contributed by atoms with Crippen LogP contribution >= 0.6 is 11.6 Å². The highest BCUT2D eigenvalue weighted by molar-refractivity contribution is 6.34. The third-order valence-corrected chi connectivity index (χ3v) is 5.15. The molecule has 0 unspecified atom stereocenters. The number of ether oxygens (including phenoxy) is 1. The number of halogens is 1. The molecule has 2 fully saturated rings. The molecule has 0 N–H and O–H groups in total. The first-order chi connectivity index (χ1) is 11.7. The number of morpholine rings is 1. The second-order valence-electron chi connectivity index (χ2n) is 6.18. The van der Waals surface area contributed by atoms with E-state index in [-0.39, 0.29) is 29.8 Å². The zero-order valence-electron chi connectivity index (χ0n) is 12.6. The Morgan fingerprint density at radius 2 is 2.33 bits per heavy atom. The molecule has 122 valence electrons. The molecule has 2 atom stereocenters. The normalized spacial score (nSPS) is 24.0. The Morgan fingerprint density at radius 1 is 1.42 bits per heavy atom. The summed E-state index contributed by atoms with van der Waals surface area (Å²) in [5.74, 6) is -0.00102. The summed E-state index contributed by atoms with van der Waals surface area (Å²) < 4.78 is 10.7. The summed E-state index contributed by atoms with van der Waals surface area (Å²) in [6.07, 6.45) is 7.33. The van der Waals surface area contributed by atoms with Crippen LogP contribution in [-0.2, 0) is 11.2 Å². The number of aromatic nitrogens is 3. The van der Waals surface area contributed by atoms with Gasteiger partial charge in [0.2, 0.25) is 5.82 Å². The maximum atomic E-state index is 12.6. The molecular formula is C16H13ClN4O3. The molecule has 5 rings (SSSR count). The van der Waals surface area contributed by atoms with Gasteiger partial charge in [0.05, 0.1) is 35.0 Å². The van der Waals surface area contributed by atoms with Crippen molar-refractivity contribution in [3.8, 4) is 11.4 Å². The fraction of sp³-hybridized carbons (Fsp3) is 0.375. The number of rotatable bonds is 2. The van der Waals surface area contributed by atoms with Crippen LogP contribution < -0.4 is 0 Å². The highest BCUT2D eigenvalue weighted by Gasteiger charge is 2.43. The molecule has 2 aromatic rings. The lowest BCUT2D eigenvalue weighted by Gasteiger charge is -2.25.